The molecule has 7 nitrogen and oxygen atoms in total. The van der Waals surface area contributed by atoms with Crippen LogP contribution in [0.2, 0.25) is 0 Å². The summed E-state index contributed by atoms with van der Waals surface area (Å²) in [6, 6.07) is 12.4. The van der Waals surface area contributed by atoms with Crippen LogP contribution in [-0.4, -0.2) is 29.4 Å². The summed E-state index contributed by atoms with van der Waals surface area (Å²) in [7, 11) is 0. The van der Waals surface area contributed by atoms with E-state index in [4.69, 9.17) is 0 Å². The van der Waals surface area contributed by atoms with Crippen LogP contribution in [0.1, 0.15) is 29.6 Å². The minimum absolute atomic E-state index is 0.602. The predicted octanol–water partition coefficient (Wildman–Crippen LogP) is 3.29. The molecular formula is C19H21N7. The first-order chi connectivity index (χ1) is 12.6. The molecule has 1 N–H and O–H groups in total. The van der Waals surface area contributed by atoms with Crippen LogP contribution in [0.3, 0.4) is 0 Å². The summed E-state index contributed by atoms with van der Waals surface area (Å²) in [6.45, 7) is 6.91. The molecule has 132 valence electrons. The Morgan fingerprint density at radius 3 is 2.77 bits per heavy atom. The van der Waals surface area contributed by atoms with Crippen LogP contribution >= 0.6 is 0 Å². The van der Waals surface area contributed by atoms with Gasteiger partial charge in [0.15, 0.2) is 0 Å². The molecule has 0 bridgehead atoms. The Kier molecular flexibility index (Phi) is 4.12. The van der Waals surface area contributed by atoms with Crippen molar-refractivity contribution >= 4 is 17.3 Å². The molecule has 3 aromatic heterocycles. The minimum atomic E-state index is 0.602. The summed E-state index contributed by atoms with van der Waals surface area (Å²) in [5.74, 6) is 1.46. The molecule has 0 atom stereocenters. The molecule has 1 aromatic carbocycles. The summed E-state index contributed by atoms with van der Waals surface area (Å²) in [5.41, 5.74) is 5.35. The fraction of sp³-hybridized carbons (Fsp3) is 0.263. The molecule has 0 saturated carbocycles. The predicted molar refractivity (Wildman–Crippen MR) is 101 cm³/mol. The van der Waals surface area contributed by atoms with Crippen LogP contribution in [0.25, 0.3) is 5.78 Å². The highest BCUT2D eigenvalue weighted by Crippen LogP contribution is 2.20. The lowest BCUT2D eigenvalue weighted by molar-refractivity contribution is 0.659. The number of nitrogens with one attached hydrogen (secondary N) is 1. The average Bonchev–Trinajstić information content (AvgIpc) is 3.21. The van der Waals surface area contributed by atoms with Crippen LogP contribution < -0.4 is 5.32 Å². The van der Waals surface area contributed by atoms with E-state index in [-0.39, 0.29) is 0 Å². The van der Waals surface area contributed by atoms with Gasteiger partial charge >= 0.3 is 0 Å². The Morgan fingerprint density at radius 1 is 1.12 bits per heavy atom. The number of hydrogen-bond donors (Lipinski definition) is 1. The van der Waals surface area contributed by atoms with Crippen molar-refractivity contribution in [2.75, 3.05) is 5.32 Å². The SMILES string of the molecule is CCc1cc(Nc2cccc(Cn3nc(C)cc3C)c2)n2ncnc2n1. The molecule has 0 fully saturated rings. The Morgan fingerprint density at radius 2 is 2.00 bits per heavy atom. The zero-order valence-electron chi connectivity index (χ0n) is 15.1. The van der Waals surface area contributed by atoms with Crippen molar-refractivity contribution in [1.82, 2.24) is 29.4 Å². The van der Waals surface area contributed by atoms with Gasteiger partial charge in [-0.1, -0.05) is 19.1 Å². The largest absolute Gasteiger partial charge is 0.340 e. The number of anilines is 2. The topological polar surface area (TPSA) is 72.9 Å². The summed E-state index contributed by atoms with van der Waals surface area (Å²) < 4.78 is 3.73. The van der Waals surface area contributed by atoms with E-state index < -0.39 is 0 Å². The van der Waals surface area contributed by atoms with Crippen LogP contribution in [0.4, 0.5) is 11.5 Å². The van der Waals surface area contributed by atoms with Gasteiger partial charge in [-0.2, -0.15) is 19.7 Å². The third-order valence-corrected chi connectivity index (χ3v) is 4.30. The lowest BCUT2D eigenvalue weighted by Crippen LogP contribution is -2.06. The molecule has 0 aliphatic rings. The van der Waals surface area contributed by atoms with Crippen molar-refractivity contribution in [2.24, 2.45) is 0 Å². The Hall–Kier alpha value is -3.22. The van der Waals surface area contributed by atoms with Gasteiger partial charge in [0.1, 0.15) is 12.1 Å². The van der Waals surface area contributed by atoms with E-state index >= 15 is 0 Å². The molecule has 0 unspecified atom stereocenters. The summed E-state index contributed by atoms with van der Waals surface area (Å²) >= 11 is 0. The number of aromatic nitrogens is 6. The van der Waals surface area contributed by atoms with Gasteiger partial charge in [-0.15, -0.1) is 0 Å². The molecule has 0 amide bonds. The van der Waals surface area contributed by atoms with Gasteiger partial charge in [-0.3, -0.25) is 4.68 Å². The van der Waals surface area contributed by atoms with E-state index in [1.807, 2.05) is 29.8 Å². The first kappa shape index (κ1) is 16.3. The van der Waals surface area contributed by atoms with Crippen LogP contribution in [0.5, 0.6) is 0 Å². The monoisotopic (exact) mass is 347 g/mol. The zero-order chi connectivity index (χ0) is 18.1. The number of nitrogens with zero attached hydrogens (tertiary/aromatic N) is 6. The first-order valence-electron chi connectivity index (χ1n) is 8.69. The molecule has 3 heterocycles. The smallest absolute Gasteiger partial charge is 0.254 e. The second kappa shape index (κ2) is 6.59. The molecule has 0 spiro atoms. The van der Waals surface area contributed by atoms with E-state index in [1.54, 1.807) is 4.52 Å². The van der Waals surface area contributed by atoms with E-state index in [9.17, 15) is 0 Å². The fourth-order valence-corrected chi connectivity index (χ4v) is 3.03. The van der Waals surface area contributed by atoms with Crippen molar-refractivity contribution in [2.45, 2.75) is 33.7 Å². The minimum Gasteiger partial charge on any atom is -0.340 e. The maximum atomic E-state index is 4.54. The highest BCUT2D eigenvalue weighted by atomic mass is 15.4. The van der Waals surface area contributed by atoms with Crippen molar-refractivity contribution in [3.05, 3.63) is 65.4 Å². The molecule has 7 heteroatoms. The highest BCUT2D eigenvalue weighted by Gasteiger charge is 2.08. The third-order valence-electron chi connectivity index (χ3n) is 4.30. The molecule has 0 aliphatic carbocycles. The standard InChI is InChI=1S/C19H21N7/c1-4-16-10-18(26-19(23-16)20-12-21-26)22-17-7-5-6-15(9-17)11-25-14(3)8-13(2)24-25/h5-10,12,22H,4,11H2,1-3H3. The van der Waals surface area contributed by atoms with E-state index in [0.717, 1.165) is 41.6 Å². The van der Waals surface area contributed by atoms with Gasteiger partial charge < -0.3 is 5.32 Å². The van der Waals surface area contributed by atoms with Gasteiger partial charge in [0, 0.05) is 23.1 Å². The maximum Gasteiger partial charge on any atom is 0.254 e. The highest BCUT2D eigenvalue weighted by molar-refractivity contribution is 5.59. The Bertz CT molecular complexity index is 1060. The molecule has 4 rings (SSSR count). The van der Waals surface area contributed by atoms with Gasteiger partial charge in [-0.05, 0) is 44.0 Å². The second-order valence-electron chi connectivity index (χ2n) is 6.37. The van der Waals surface area contributed by atoms with E-state index in [2.05, 4.69) is 57.5 Å². The number of aryl methyl sites for hydroxylation is 3. The van der Waals surface area contributed by atoms with Gasteiger partial charge in [0.05, 0.1) is 12.2 Å². The van der Waals surface area contributed by atoms with Crippen molar-refractivity contribution in [3.63, 3.8) is 0 Å². The van der Waals surface area contributed by atoms with Gasteiger partial charge in [0.2, 0.25) is 0 Å². The van der Waals surface area contributed by atoms with Gasteiger partial charge in [0.25, 0.3) is 5.78 Å². The second-order valence-corrected chi connectivity index (χ2v) is 6.37. The van der Waals surface area contributed by atoms with Crippen molar-refractivity contribution in [3.8, 4) is 0 Å². The molecule has 4 aromatic rings. The molecular weight excluding hydrogens is 326 g/mol. The average molecular weight is 347 g/mol. The lowest BCUT2D eigenvalue weighted by atomic mass is 10.2. The van der Waals surface area contributed by atoms with Crippen molar-refractivity contribution in [1.29, 1.82) is 0 Å². The lowest BCUT2D eigenvalue weighted by Gasteiger charge is -2.11. The Balaban J connectivity index is 1.63. The summed E-state index contributed by atoms with van der Waals surface area (Å²) in [5, 5.41) is 12.2. The molecule has 26 heavy (non-hydrogen) atoms. The summed E-state index contributed by atoms with van der Waals surface area (Å²) in [6.07, 6.45) is 2.36. The number of fused-ring (bicyclic) bond motifs is 1. The van der Waals surface area contributed by atoms with E-state index in [0.29, 0.717) is 5.78 Å². The number of rotatable bonds is 5. The quantitative estimate of drug-likeness (QED) is 0.600. The van der Waals surface area contributed by atoms with Gasteiger partial charge in [-0.25, -0.2) is 4.98 Å². The van der Waals surface area contributed by atoms with Crippen LogP contribution in [0.15, 0.2) is 42.7 Å². The Labute approximate surface area is 151 Å². The first-order valence-corrected chi connectivity index (χ1v) is 8.69. The fourth-order valence-electron chi connectivity index (χ4n) is 3.03. The summed E-state index contributed by atoms with van der Waals surface area (Å²) in [4.78, 5) is 8.68. The number of hydrogen-bond acceptors (Lipinski definition) is 5. The molecule has 0 aliphatic heterocycles. The van der Waals surface area contributed by atoms with Crippen LogP contribution in [0, 0.1) is 13.8 Å². The zero-order valence-corrected chi connectivity index (χ0v) is 15.1. The van der Waals surface area contributed by atoms with Crippen molar-refractivity contribution < 1.29 is 0 Å². The van der Waals surface area contributed by atoms with E-state index in [1.165, 1.54) is 11.9 Å². The number of benzene rings is 1. The third kappa shape index (κ3) is 3.15. The molecule has 0 radical (unpaired) electrons. The molecule has 0 saturated heterocycles. The van der Waals surface area contributed by atoms with Crippen LogP contribution in [-0.2, 0) is 13.0 Å². The normalized spacial score (nSPS) is 11.2. The maximum absolute atomic E-state index is 4.54.